The number of pyridine rings is 1. The zero-order chi connectivity index (χ0) is 21.1. The number of benzene rings is 2. The number of amides is 1. The van der Waals surface area contributed by atoms with Gasteiger partial charge in [-0.25, -0.2) is 4.98 Å². The Morgan fingerprint density at radius 1 is 1.07 bits per heavy atom. The highest BCUT2D eigenvalue weighted by atomic mass is 16.5. The Morgan fingerprint density at radius 2 is 1.87 bits per heavy atom. The highest BCUT2D eigenvalue weighted by Gasteiger charge is 2.24. The monoisotopic (exact) mass is 404 g/mol. The number of methoxy groups -OCH3 is 2. The third kappa shape index (κ3) is 3.94. The highest BCUT2D eigenvalue weighted by molar-refractivity contribution is 5.94. The van der Waals surface area contributed by atoms with Crippen molar-refractivity contribution < 1.29 is 19.0 Å². The first-order valence-corrected chi connectivity index (χ1v) is 9.80. The standard InChI is InChI=1S/C24H24N2O4/c1-16-7-9-17(10-8-16)24(27)26-11-12-30-23-19(15-26)13-18(14-21(23)28-2)20-5-4-6-22(25-20)29-3/h4-10,13-14H,11-12,15H2,1-3H3. The van der Waals surface area contributed by atoms with Gasteiger partial charge in [-0.3, -0.25) is 4.79 Å². The quantitative estimate of drug-likeness (QED) is 0.655. The Hall–Kier alpha value is -3.54. The van der Waals surface area contributed by atoms with Crippen LogP contribution in [0.1, 0.15) is 21.5 Å². The second kappa shape index (κ2) is 8.45. The van der Waals surface area contributed by atoms with Gasteiger partial charge in [-0.15, -0.1) is 0 Å². The molecule has 0 saturated carbocycles. The minimum atomic E-state index is -0.0182. The molecule has 0 unspecified atom stereocenters. The summed E-state index contributed by atoms with van der Waals surface area (Å²) in [5, 5.41) is 0. The number of aromatic nitrogens is 1. The summed E-state index contributed by atoms with van der Waals surface area (Å²) in [4.78, 5) is 19.4. The van der Waals surface area contributed by atoms with Crippen LogP contribution in [0.5, 0.6) is 17.4 Å². The predicted molar refractivity (Wildman–Crippen MR) is 114 cm³/mol. The minimum Gasteiger partial charge on any atom is -0.493 e. The molecule has 0 saturated heterocycles. The average molecular weight is 404 g/mol. The molecule has 1 aliphatic rings. The summed E-state index contributed by atoms with van der Waals surface area (Å²) >= 11 is 0. The molecule has 2 heterocycles. The van der Waals surface area contributed by atoms with Gasteiger partial charge in [0.1, 0.15) is 6.61 Å². The van der Waals surface area contributed by atoms with E-state index in [1.54, 1.807) is 25.2 Å². The number of ether oxygens (including phenoxy) is 3. The molecule has 1 amide bonds. The Kier molecular flexibility index (Phi) is 5.57. The largest absolute Gasteiger partial charge is 0.493 e. The van der Waals surface area contributed by atoms with E-state index in [2.05, 4.69) is 4.98 Å². The molecule has 0 bridgehead atoms. The van der Waals surface area contributed by atoms with Gasteiger partial charge in [0.25, 0.3) is 5.91 Å². The molecule has 1 aliphatic heterocycles. The van der Waals surface area contributed by atoms with Crippen molar-refractivity contribution in [2.24, 2.45) is 0 Å². The number of hydrogen-bond acceptors (Lipinski definition) is 5. The smallest absolute Gasteiger partial charge is 0.254 e. The summed E-state index contributed by atoms with van der Waals surface area (Å²) in [5.74, 6) is 1.81. The normalized spacial score (nSPS) is 13.1. The molecule has 30 heavy (non-hydrogen) atoms. The number of carbonyl (C=O) groups excluding carboxylic acids is 1. The van der Waals surface area contributed by atoms with E-state index in [9.17, 15) is 4.79 Å². The lowest BCUT2D eigenvalue weighted by molar-refractivity contribution is 0.0733. The molecule has 6 heteroatoms. The van der Waals surface area contributed by atoms with Gasteiger partial charge in [0.15, 0.2) is 11.5 Å². The molecule has 154 valence electrons. The first-order valence-electron chi connectivity index (χ1n) is 9.80. The van der Waals surface area contributed by atoms with Crippen molar-refractivity contribution in [1.29, 1.82) is 0 Å². The third-order valence-corrected chi connectivity index (χ3v) is 5.13. The van der Waals surface area contributed by atoms with Gasteiger partial charge in [-0.1, -0.05) is 23.8 Å². The van der Waals surface area contributed by atoms with Gasteiger partial charge in [-0.05, 0) is 37.3 Å². The van der Waals surface area contributed by atoms with Crippen molar-refractivity contribution >= 4 is 5.91 Å². The molecule has 0 fully saturated rings. The van der Waals surface area contributed by atoms with Crippen molar-refractivity contribution in [2.45, 2.75) is 13.5 Å². The summed E-state index contributed by atoms with van der Waals surface area (Å²) < 4.78 is 16.8. The lowest BCUT2D eigenvalue weighted by Crippen LogP contribution is -2.32. The van der Waals surface area contributed by atoms with Crippen molar-refractivity contribution in [1.82, 2.24) is 9.88 Å². The van der Waals surface area contributed by atoms with E-state index in [1.165, 1.54) is 0 Å². The van der Waals surface area contributed by atoms with Crippen LogP contribution in [0.15, 0.2) is 54.6 Å². The van der Waals surface area contributed by atoms with Crippen LogP contribution in [0.3, 0.4) is 0 Å². The molecule has 2 aromatic carbocycles. The molecule has 6 nitrogen and oxygen atoms in total. The molecular weight excluding hydrogens is 380 g/mol. The number of aryl methyl sites for hydroxylation is 1. The zero-order valence-electron chi connectivity index (χ0n) is 17.3. The van der Waals surface area contributed by atoms with Crippen molar-refractivity contribution in [3.05, 3.63) is 71.3 Å². The van der Waals surface area contributed by atoms with Crippen LogP contribution in [0, 0.1) is 6.92 Å². The van der Waals surface area contributed by atoms with Crippen molar-refractivity contribution in [3.8, 4) is 28.6 Å². The Balaban J connectivity index is 1.70. The van der Waals surface area contributed by atoms with Gasteiger partial charge in [-0.2, -0.15) is 0 Å². The topological polar surface area (TPSA) is 60.9 Å². The Labute approximate surface area is 176 Å². The summed E-state index contributed by atoms with van der Waals surface area (Å²) in [5.41, 5.74) is 4.30. The Bertz CT molecular complexity index is 1060. The summed E-state index contributed by atoms with van der Waals surface area (Å²) in [6.07, 6.45) is 0. The lowest BCUT2D eigenvalue weighted by Gasteiger charge is -2.20. The lowest BCUT2D eigenvalue weighted by atomic mass is 10.0. The van der Waals surface area contributed by atoms with Crippen LogP contribution < -0.4 is 14.2 Å². The minimum absolute atomic E-state index is 0.0182. The van der Waals surface area contributed by atoms with E-state index in [0.717, 1.165) is 22.4 Å². The average Bonchev–Trinajstić information content (AvgIpc) is 3.01. The fourth-order valence-electron chi connectivity index (χ4n) is 3.52. The van der Waals surface area contributed by atoms with E-state index >= 15 is 0 Å². The maximum atomic E-state index is 13.1. The predicted octanol–water partition coefficient (Wildman–Crippen LogP) is 4.11. The van der Waals surface area contributed by atoms with Gasteiger partial charge in [0, 0.05) is 29.3 Å². The molecule has 0 N–H and O–H groups in total. The van der Waals surface area contributed by atoms with Crippen molar-refractivity contribution in [2.75, 3.05) is 27.4 Å². The number of fused-ring (bicyclic) bond motifs is 1. The molecular formula is C24H24N2O4. The molecule has 0 atom stereocenters. The number of carbonyl (C=O) groups is 1. The highest BCUT2D eigenvalue weighted by Crippen LogP contribution is 2.38. The van der Waals surface area contributed by atoms with Crippen LogP contribution in [-0.2, 0) is 6.54 Å². The molecule has 0 spiro atoms. The summed E-state index contributed by atoms with van der Waals surface area (Å²) in [6, 6.07) is 17.1. The van der Waals surface area contributed by atoms with E-state index in [1.807, 2.05) is 55.5 Å². The number of rotatable bonds is 4. The maximum absolute atomic E-state index is 13.1. The van der Waals surface area contributed by atoms with Gasteiger partial charge in [0.05, 0.1) is 26.5 Å². The maximum Gasteiger partial charge on any atom is 0.254 e. The molecule has 1 aromatic heterocycles. The van der Waals surface area contributed by atoms with Crippen LogP contribution >= 0.6 is 0 Å². The van der Waals surface area contributed by atoms with Crippen molar-refractivity contribution in [3.63, 3.8) is 0 Å². The SMILES string of the molecule is COc1cccc(-c2cc3c(c(OC)c2)OCCN(C(=O)c2ccc(C)cc2)C3)n1. The van der Waals surface area contributed by atoms with E-state index < -0.39 is 0 Å². The van der Waals surface area contributed by atoms with E-state index in [0.29, 0.717) is 42.6 Å². The Morgan fingerprint density at radius 3 is 2.60 bits per heavy atom. The first-order chi connectivity index (χ1) is 14.6. The molecule has 4 rings (SSSR count). The van der Waals surface area contributed by atoms with Gasteiger partial charge >= 0.3 is 0 Å². The molecule has 0 radical (unpaired) electrons. The zero-order valence-corrected chi connectivity index (χ0v) is 17.3. The number of hydrogen-bond donors (Lipinski definition) is 0. The molecule has 0 aliphatic carbocycles. The molecule has 3 aromatic rings. The van der Waals surface area contributed by atoms with Crippen LogP contribution in [-0.4, -0.2) is 43.2 Å². The van der Waals surface area contributed by atoms with Gasteiger partial charge in [0.2, 0.25) is 5.88 Å². The van der Waals surface area contributed by atoms with Crippen LogP contribution in [0.25, 0.3) is 11.3 Å². The third-order valence-electron chi connectivity index (χ3n) is 5.13. The van der Waals surface area contributed by atoms with Crippen LogP contribution in [0.2, 0.25) is 0 Å². The first kappa shape index (κ1) is 19.8. The van der Waals surface area contributed by atoms with Gasteiger partial charge < -0.3 is 19.1 Å². The van der Waals surface area contributed by atoms with E-state index in [-0.39, 0.29) is 5.91 Å². The fourth-order valence-corrected chi connectivity index (χ4v) is 3.52. The van der Waals surface area contributed by atoms with Crippen LogP contribution in [0.4, 0.5) is 0 Å². The summed E-state index contributed by atoms with van der Waals surface area (Å²) in [6.45, 7) is 3.33. The second-order valence-electron chi connectivity index (χ2n) is 7.17. The summed E-state index contributed by atoms with van der Waals surface area (Å²) in [7, 11) is 3.20. The van der Waals surface area contributed by atoms with E-state index in [4.69, 9.17) is 14.2 Å². The fraction of sp³-hybridized carbons (Fsp3) is 0.250. The second-order valence-corrected chi connectivity index (χ2v) is 7.17. The number of nitrogens with zero attached hydrogens (tertiary/aromatic N) is 2.